The highest BCUT2D eigenvalue weighted by atomic mass is 35.6. The predicted molar refractivity (Wildman–Crippen MR) is 94.0 cm³/mol. The van der Waals surface area contributed by atoms with Crippen molar-refractivity contribution in [3.8, 4) is 0 Å². The van der Waals surface area contributed by atoms with E-state index in [0.29, 0.717) is 25.4 Å². The maximum absolute atomic E-state index is 11.4. The van der Waals surface area contributed by atoms with Gasteiger partial charge < -0.3 is 9.47 Å². The molecule has 0 aliphatic heterocycles. The van der Waals surface area contributed by atoms with Crippen LogP contribution in [-0.2, 0) is 19.1 Å². The van der Waals surface area contributed by atoms with Gasteiger partial charge in [0.1, 0.15) is 6.61 Å². The number of hydrogen-bond donors (Lipinski definition) is 0. The largest absolute Gasteiger partial charge is 0.465 e. The molecule has 0 saturated heterocycles. The molecule has 0 rings (SSSR count). The molecule has 0 aromatic heterocycles. The van der Waals surface area contributed by atoms with Crippen LogP contribution in [0.1, 0.15) is 65.2 Å². The minimum absolute atomic E-state index is 0.115. The van der Waals surface area contributed by atoms with E-state index in [1.165, 1.54) is 0 Å². The summed E-state index contributed by atoms with van der Waals surface area (Å²) < 4.78 is 8.39. The summed E-state index contributed by atoms with van der Waals surface area (Å²) in [6, 6.07) is 0. The first kappa shape index (κ1) is 22.8. The minimum Gasteiger partial charge on any atom is -0.465 e. The maximum Gasteiger partial charge on any atom is 0.305 e. The lowest BCUT2D eigenvalue weighted by molar-refractivity contribution is -0.145. The monoisotopic (exact) mass is 388 g/mol. The lowest BCUT2D eigenvalue weighted by Crippen LogP contribution is -2.17. The molecule has 0 spiro atoms. The predicted octanol–water partition coefficient (Wildman–Crippen LogP) is 5.22. The minimum atomic E-state index is -1.55. The molecular weight excluding hydrogens is 363 g/mol. The Morgan fingerprint density at radius 1 is 0.826 bits per heavy atom. The number of halogens is 3. The van der Waals surface area contributed by atoms with Crippen molar-refractivity contribution in [2.75, 3.05) is 13.2 Å². The van der Waals surface area contributed by atoms with E-state index in [0.717, 1.165) is 38.5 Å². The summed E-state index contributed by atoms with van der Waals surface area (Å²) >= 11 is 16.5. The summed E-state index contributed by atoms with van der Waals surface area (Å²) in [4.78, 5) is 22.7. The summed E-state index contributed by atoms with van der Waals surface area (Å²) in [5.74, 6) is -0.0833. The molecule has 0 saturated carbocycles. The van der Waals surface area contributed by atoms with Gasteiger partial charge in [-0.25, -0.2) is 0 Å². The average molecular weight is 390 g/mol. The lowest BCUT2D eigenvalue weighted by Gasteiger charge is -2.11. The van der Waals surface area contributed by atoms with Crippen molar-refractivity contribution in [1.29, 1.82) is 0 Å². The van der Waals surface area contributed by atoms with E-state index in [1.807, 2.05) is 13.8 Å². The van der Waals surface area contributed by atoms with Crippen molar-refractivity contribution in [2.24, 2.45) is 5.92 Å². The molecule has 0 N–H and O–H groups in total. The van der Waals surface area contributed by atoms with Gasteiger partial charge in [-0.15, -0.1) is 0 Å². The molecule has 136 valence electrons. The van der Waals surface area contributed by atoms with E-state index in [9.17, 15) is 9.59 Å². The Balaban J connectivity index is 3.36. The van der Waals surface area contributed by atoms with Gasteiger partial charge in [-0.3, -0.25) is 9.59 Å². The van der Waals surface area contributed by atoms with Crippen molar-refractivity contribution >= 4 is 46.7 Å². The molecule has 4 nitrogen and oxygen atoms in total. The molecule has 0 aliphatic rings. The topological polar surface area (TPSA) is 52.6 Å². The van der Waals surface area contributed by atoms with Gasteiger partial charge in [0.15, 0.2) is 0 Å². The molecule has 7 heteroatoms. The number of rotatable bonds is 12. The highest BCUT2D eigenvalue weighted by Crippen LogP contribution is 2.26. The second kappa shape index (κ2) is 13.1. The molecule has 0 radical (unpaired) electrons. The number of hydrogen-bond acceptors (Lipinski definition) is 4. The van der Waals surface area contributed by atoms with Crippen LogP contribution in [0.5, 0.6) is 0 Å². The van der Waals surface area contributed by atoms with Crippen LogP contribution in [0, 0.1) is 5.92 Å². The van der Waals surface area contributed by atoms with Gasteiger partial charge in [-0.05, 0) is 18.8 Å². The summed E-state index contributed by atoms with van der Waals surface area (Å²) in [6.07, 6.45) is 6.43. The molecule has 23 heavy (non-hydrogen) atoms. The third kappa shape index (κ3) is 18.0. The number of ether oxygens (including phenoxy) is 2. The number of carbonyl (C=O) groups is 2. The van der Waals surface area contributed by atoms with E-state index >= 15 is 0 Å². The first-order chi connectivity index (χ1) is 10.7. The zero-order chi connectivity index (χ0) is 17.7. The van der Waals surface area contributed by atoms with E-state index in [1.54, 1.807) is 0 Å². The summed E-state index contributed by atoms with van der Waals surface area (Å²) in [6.45, 7) is 4.30. The van der Waals surface area contributed by atoms with Crippen LogP contribution in [0.3, 0.4) is 0 Å². The third-order valence-corrected chi connectivity index (χ3v) is 3.31. The van der Waals surface area contributed by atoms with Crippen molar-refractivity contribution in [2.45, 2.75) is 69.0 Å². The third-order valence-electron chi connectivity index (χ3n) is 2.99. The fourth-order valence-corrected chi connectivity index (χ4v) is 1.98. The standard InChI is InChI=1S/C16H27Cl3O4/c1-13(2)11-22-14(20)9-7-5-3-4-6-8-10-15(21)23-12-16(17,18)19/h13H,3-12H2,1-2H3. The summed E-state index contributed by atoms with van der Waals surface area (Å²) in [7, 11) is 0. The average Bonchev–Trinajstić information content (AvgIpc) is 2.45. The highest BCUT2D eigenvalue weighted by Gasteiger charge is 2.21. The van der Waals surface area contributed by atoms with Crippen molar-refractivity contribution in [3.63, 3.8) is 0 Å². The second-order valence-electron chi connectivity index (χ2n) is 5.97. The van der Waals surface area contributed by atoms with Crippen LogP contribution in [0.2, 0.25) is 0 Å². The number of unbranched alkanes of at least 4 members (excludes halogenated alkanes) is 5. The van der Waals surface area contributed by atoms with Gasteiger partial charge in [0.05, 0.1) is 6.61 Å². The first-order valence-corrected chi connectivity index (χ1v) is 9.22. The van der Waals surface area contributed by atoms with Crippen LogP contribution < -0.4 is 0 Å². The summed E-state index contributed by atoms with van der Waals surface area (Å²) in [5.41, 5.74) is 0. The Kier molecular flexibility index (Phi) is 13.0. The summed E-state index contributed by atoms with van der Waals surface area (Å²) in [5, 5.41) is 0. The van der Waals surface area contributed by atoms with Gasteiger partial charge in [0.2, 0.25) is 3.79 Å². The van der Waals surface area contributed by atoms with Gasteiger partial charge >= 0.3 is 11.9 Å². The highest BCUT2D eigenvalue weighted by molar-refractivity contribution is 6.67. The van der Waals surface area contributed by atoms with Gasteiger partial charge in [0, 0.05) is 12.8 Å². The zero-order valence-electron chi connectivity index (χ0n) is 13.9. The Labute approximate surface area is 154 Å². The van der Waals surface area contributed by atoms with E-state index < -0.39 is 3.79 Å². The quantitative estimate of drug-likeness (QED) is 0.261. The number of carbonyl (C=O) groups excluding carboxylic acids is 2. The Bertz CT molecular complexity index is 341. The second-order valence-corrected chi connectivity index (χ2v) is 8.49. The van der Waals surface area contributed by atoms with Crippen LogP contribution in [0.15, 0.2) is 0 Å². The molecule has 0 bridgehead atoms. The molecule has 0 heterocycles. The van der Waals surface area contributed by atoms with E-state index in [2.05, 4.69) is 0 Å². The number of esters is 2. The first-order valence-electron chi connectivity index (χ1n) is 8.08. The molecule has 0 fully saturated rings. The number of alkyl halides is 3. The molecule has 0 aromatic carbocycles. The van der Waals surface area contributed by atoms with Crippen LogP contribution >= 0.6 is 34.8 Å². The molecule has 0 amide bonds. The zero-order valence-corrected chi connectivity index (χ0v) is 16.2. The Morgan fingerprint density at radius 3 is 1.70 bits per heavy atom. The van der Waals surface area contributed by atoms with Crippen molar-refractivity contribution in [3.05, 3.63) is 0 Å². The molecule has 0 atom stereocenters. The molecule has 0 unspecified atom stereocenters. The lowest BCUT2D eigenvalue weighted by atomic mass is 10.1. The van der Waals surface area contributed by atoms with Crippen LogP contribution in [-0.4, -0.2) is 28.9 Å². The SMILES string of the molecule is CC(C)COC(=O)CCCCCCCCC(=O)OCC(Cl)(Cl)Cl. The van der Waals surface area contributed by atoms with E-state index in [4.69, 9.17) is 44.3 Å². The van der Waals surface area contributed by atoms with Crippen LogP contribution in [0.4, 0.5) is 0 Å². The molecule has 0 aromatic rings. The Morgan fingerprint density at radius 2 is 1.26 bits per heavy atom. The van der Waals surface area contributed by atoms with Gasteiger partial charge in [-0.1, -0.05) is 74.3 Å². The molecular formula is C16H27Cl3O4. The Hall–Kier alpha value is -0.190. The van der Waals surface area contributed by atoms with Crippen molar-refractivity contribution < 1.29 is 19.1 Å². The molecule has 0 aliphatic carbocycles. The smallest absolute Gasteiger partial charge is 0.305 e. The van der Waals surface area contributed by atoms with Gasteiger partial charge in [-0.2, -0.15) is 0 Å². The van der Waals surface area contributed by atoms with E-state index in [-0.39, 0.29) is 18.5 Å². The van der Waals surface area contributed by atoms with Crippen LogP contribution in [0.25, 0.3) is 0 Å². The maximum atomic E-state index is 11.4. The van der Waals surface area contributed by atoms with Gasteiger partial charge in [0.25, 0.3) is 0 Å². The fourth-order valence-electron chi connectivity index (χ4n) is 1.81. The normalized spacial score (nSPS) is 11.6. The fraction of sp³-hybridized carbons (Fsp3) is 0.875. The van der Waals surface area contributed by atoms with Crippen molar-refractivity contribution in [1.82, 2.24) is 0 Å².